The van der Waals surface area contributed by atoms with Crippen molar-refractivity contribution < 1.29 is 14.2 Å². The smallest absolute Gasteiger partial charge is 0.163 e. The van der Waals surface area contributed by atoms with Crippen molar-refractivity contribution in [3.63, 3.8) is 0 Å². The molecule has 2 heterocycles. The van der Waals surface area contributed by atoms with Crippen LogP contribution in [0.3, 0.4) is 0 Å². The van der Waals surface area contributed by atoms with E-state index in [0.717, 1.165) is 13.0 Å². The van der Waals surface area contributed by atoms with Crippen LogP contribution in [-0.4, -0.2) is 32.7 Å². The van der Waals surface area contributed by atoms with Crippen LogP contribution in [0.4, 0.5) is 0 Å². The lowest BCUT2D eigenvalue weighted by Gasteiger charge is -2.11. The molecule has 3 heteroatoms. The fraction of sp³-hybridized carbons (Fsp3) is 1.00. The second kappa shape index (κ2) is 2.49. The molecule has 2 aliphatic rings. The SMILES string of the molecule is CO[C@H]1CO[C@H]2OCC[C@H]21. The Balaban J connectivity index is 2.01. The fourth-order valence-electron chi connectivity index (χ4n) is 1.67. The number of hydrogen-bond donors (Lipinski definition) is 0. The molecule has 0 aromatic heterocycles. The summed E-state index contributed by atoms with van der Waals surface area (Å²) in [6, 6.07) is 0. The lowest BCUT2D eigenvalue weighted by molar-refractivity contribution is -0.0907. The normalized spacial score (nSPS) is 45.9. The highest BCUT2D eigenvalue weighted by atomic mass is 16.7. The molecule has 2 fully saturated rings. The third kappa shape index (κ3) is 0.856. The standard InChI is InChI=1S/C7H12O3/c1-8-6-4-10-7-5(6)2-3-9-7/h5-7H,2-4H2,1H3/t5-,6-,7+/m0/s1. The molecule has 2 saturated heterocycles. The van der Waals surface area contributed by atoms with E-state index in [1.807, 2.05) is 0 Å². The van der Waals surface area contributed by atoms with Crippen molar-refractivity contribution in [1.29, 1.82) is 0 Å². The van der Waals surface area contributed by atoms with E-state index in [9.17, 15) is 0 Å². The van der Waals surface area contributed by atoms with Crippen molar-refractivity contribution in [2.75, 3.05) is 20.3 Å². The molecule has 0 bridgehead atoms. The molecule has 0 aliphatic carbocycles. The first-order valence-corrected chi connectivity index (χ1v) is 3.68. The molecule has 2 aliphatic heterocycles. The predicted molar refractivity (Wildman–Crippen MR) is 34.6 cm³/mol. The van der Waals surface area contributed by atoms with Gasteiger partial charge in [0.2, 0.25) is 0 Å². The van der Waals surface area contributed by atoms with Crippen molar-refractivity contribution in [2.24, 2.45) is 5.92 Å². The van der Waals surface area contributed by atoms with E-state index < -0.39 is 0 Å². The third-order valence-electron chi connectivity index (χ3n) is 2.29. The van der Waals surface area contributed by atoms with Gasteiger partial charge >= 0.3 is 0 Å². The van der Waals surface area contributed by atoms with Gasteiger partial charge in [-0.15, -0.1) is 0 Å². The fourth-order valence-corrected chi connectivity index (χ4v) is 1.67. The summed E-state index contributed by atoms with van der Waals surface area (Å²) in [7, 11) is 1.73. The Labute approximate surface area is 60.3 Å². The minimum absolute atomic E-state index is 0.0324. The van der Waals surface area contributed by atoms with Crippen LogP contribution in [0.2, 0.25) is 0 Å². The van der Waals surface area contributed by atoms with Gasteiger partial charge in [0, 0.05) is 13.0 Å². The van der Waals surface area contributed by atoms with Gasteiger partial charge in [-0.05, 0) is 6.42 Å². The molecule has 0 radical (unpaired) electrons. The van der Waals surface area contributed by atoms with Crippen LogP contribution in [-0.2, 0) is 14.2 Å². The van der Waals surface area contributed by atoms with Crippen molar-refractivity contribution in [1.82, 2.24) is 0 Å². The zero-order valence-corrected chi connectivity index (χ0v) is 6.08. The summed E-state index contributed by atoms with van der Waals surface area (Å²) in [5.74, 6) is 0.491. The summed E-state index contributed by atoms with van der Waals surface area (Å²) in [5.41, 5.74) is 0. The molecule has 3 nitrogen and oxygen atoms in total. The van der Waals surface area contributed by atoms with Gasteiger partial charge in [-0.3, -0.25) is 0 Å². The van der Waals surface area contributed by atoms with E-state index in [2.05, 4.69) is 0 Å². The van der Waals surface area contributed by atoms with Crippen molar-refractivity contribution in [2.45, 2.75) is 18.8 Å². The molecule has 10 heavy (non-hydrogen) atoms. The van der Waals surface area contributed by atoms with Gasteiger partial charge in [-0.25, -0.2) is 0 Å². The zero-order chi connectivity index (χ0) is 6.97. The van der Waals surface area contributed by atoms with E-state index >= 15 is 0 Å². The molecular weight excluding hydrogens is 132 g/mol. The topological polar surface area (TPSA) is 27.7 Å². The van der Waals surface area contributed by atoms with Gasteiger partial charge in [0.15, 0.2) is 6.29 Å². The lowest BCUT2D eigenvalue weighted by Crippen LogP contribution is -2.21. The van der Waals surface area contributed by atoms with E-state index in [-0.39, 0.29) is 12.4 Å². The Morgan fingerprint density at radius 3 is 3.10 bits per heavy atom. The zero-order valence-electron chi connectivity index (χ0n) is 6.08. The Kier molecular flexibility index (Phi) is 1.64. The molecule has 0 N–H and O–H groups in total. The number of methoxy groups -OCH3 is 1. The third-order valence-corrected chi connectivity index (χ3v) is 2.29. The minimum atomic E-state index is 0.0324. The monoisotopic (exact) mass is 144 g/mol. The Hall–Kier alpha value is -0.120. The molecule has 0 aromatic carbocycles. The summed E-state index contributed by atoms with van der Waals surface area (Å²) in [5, 5.41) is 0. The molecule has 2 rings (SSSR count). The molecule has 0 unspecified atom stereocenters. The van der Waals surface area contributed by atoms with Crippen LogP contribution < -0.4 is 0 Å². The minimum Gasteiger partial charge on any atom is -0.379 e. The maximum Gasteiger partial charge on any atom is 0.163 e. The molecular formula is C7H12O3. The van der Waals surface area contributed by atoms with Gasteiger partial charge < -0.3 is 14.2 Å². The number of hydrogen-bond acceptors (Lipinski definition) is 3. The van der Waals surface area contributed by atoms with Gasteiger partial charge in [-0.2, -0.15) is 0 Å². The van der Waals surface area contributed by atoms with Gasteiger partial charge in [-0.1, -0.05) is 0 Å². The highest BCUT2D eigenvalue weighted by Crippen LogP contribution is 2.32. The Morgan fingerprint density at radius 2 is 2.30 bits per heavy atom. The Morgan fingerprint density at radius 1 is 1.40 bits per heavy atom. The number of ether oxygens (including phenoxy) is 3. The molecule has 3 atom stereocenters. The molecule has 0 aromatic rings. The van der Waals surface area contributed by atoms with E-state index in [0.29, 0.717) is 12.5 Å². The van der Waals surface area contributed by atoms with E-state index in [4.69, 9.17) is 14.2 Å². The molecule has 0 amide bonds. The summed E-state index contributed by atoms with van der Waals surface area (Å²) in [6.07, 6.45) is 1.39. The summed E-state index contributed by atoms with van der Waals surface area (Å²) in [4.78, 5) is 0. The maximum atomic E-state index is 5.33. The highest BCUT2D eigenvalue weighted by Gasteiger charge is 2.41. The average molecular weight is 144 g/mol. The first-order chi connectivity index (χ1) is 4.92. The van der Waals surface area contributed by atoms with Crippen LogP contribution in [0.15, 0.2) is 0 Å². The first kappa shape index (κ1) is 6.58. The van der Waals surface area contributed by atoms with Gasteiger partial charge in [0.25, 0.3) is 0 Å². The largest absolute Gasteiger partial charge is 0.379 e. The highest BCUT2D eigenvalue weighted by molar-refractivity contribution is 4.83. The second-order valence-corrected chi connectivity index (χ2v) is 2.80. The summed E-state index contributed by atoms with van der Waals surface area (Å²) < 4.78 is 15.9. The van der Waals surface area contributed by atoms with Crippen LogP contribution in [0, 0.1) is 5.92 Å². The van der Waals surface area contributed by atoms with Gasteiger partial charge in [0.05, 0.1) is 19.3 Å². The van der Waals surface area contributed by atoms with Crippen LogP contribution >= 0.6 is 0 Å². The number of fused-ring (bicyclic) bond motifs is 1. The average Bonchev–Trinajstić information content (AvgIpc) is 2.44. The van der Waals surface area contributed by atoms with Crippen molar-refractivity contribution >= 4 is 0 Å². The van der Waals surface area contributed by atoms with E-state index in [1.165, 1.54) is 0 Å². The molecule has 0 saturated carbocycles. The maximum absolute atomic E-state index is 5.33. The summed E-state index contributed by atoms with van der Waals surface area (Å²) >= 11 is 0. The van der Waals surface area contributed by atoms with Gasteiger partial charge in [0.1, 0.15) is 0 Å². The first-order valence-electron chi connectivity index (χ1n) is 3.68. The second-order valence-electron chi connectivity index (χ2n) is 2.80. The Bertz CT molecular complexity index is 126. The van der Waals surface area contributed by atoms with Crippen LogP contribution in [0.25, 0.3) is 0 Å². The summed E-state index contributed by atoms with van der Waals surface area (Å²) in [6.45, 7) is 1.53. The predicted octanol–water partition coefficient (Wildman–Crippen LogP) is 0.394. The van der Waals surface area contributed by atoms with Crippen LogP contribution in [0.1, 0.15) is 6.42 Å². The number of rotatable bonds is 1. The van der Waals surface area contributed by atoms with Crippen molar-refractivity contribution in [3.05, 3.63) is 0 Å². The lowest BCUT2D eigenvalue weighted by atomic mass is 10.0. The quantitative estimate of drug-likeness (QED) is 0.533. The van der Waals surface area contributed by atoms with Crippen molar-refractivity contribution in [3.8, 4) is 0 Å². The molecule has 0 spiro atoms. The molecule has 58 valence electrons. The van der Waals surface area contributed by atoms with Crippen LogP contribution in [0.5, 0.6) is 0 Å². The van der Waals surface area contributed by atoms with E-state index in [1.54, 1.807) is 7.11 Å².